The number of fused-ring (bicyclic) bond motifs is 2. The summed E-state index contributed by atoms with van der Waals surface area (Å²) < 4.78 is 21.4. The number of benzene rings is 2. The Balaban J connectivity index is 2.22. The zero-order chi connectivity index (χ0) is 34.4. The highest BCUT2D eigenvalue weighted by Crippen LogP contribution is 2.55. The minimum Gasteiger partial charge on any atom is -0.427 e. The highest BCUT2D eigenvalue weighted by Gasteiger charge is 2.46. The number of hydrogen-bond donors (Lipinski definition) is 0. The topological polar surface area (TPSA) is 173 Å². The third-order valence-corrected chi connectivity index (χ3v) is 7.58. The Bertz CT molecular complexity index is 1730. The average Bonchev–Trinajstić information content (AvgIpc) is 2.88. The van der Waals surface area contributed by atoms with Crippen molar-refractivity contribution in [3.8, 4) is 23.0 Å². The van der Waals surface area contributed by atoms with Crippen LogP contribution in [0.3, 0.4) is 0 Å². The number of ketones is 4. The molecule has 2 atom stereocenters. The first-order valence-corrected chi connectivity index (χ1v) is 14.1. The van der Waals surface area contributed by atoms with Gasteiger partial charge in [-0.25, -0.2) is 0 Å². The first-order chi connectivity index (χ1) is 21.4. The molecule has 0 spiro atoms. The van der Waals surface area contributed by atoms with Gasteiger partial charge in [-0.1, -0.05) is 11.1 Å². The molecule has 12 heteroatoms. The number of ether oxygens (including phenoxy) is 4. The molecule has 238 valence electrons. The third-order valence-electron chi connectivity index (χ3n) is 7.58. The molecule has 0 saturated carbocycles. The van der Waals surface area contributed by atoms with E-state index in [1.165, 1.54) is 52.0 Å². The summed E-state index contributed by atoms with van der Waals surface area (Å²) >= 11 is 0. The molecular weight excluding hydrogens is 600 g/mol. The van der Waals surface area contributed by atoms with Gasteiger partial charge in [0.05, 0.1) is 22.3 Å². The molecule has 2 aromatic rings. The maximum atomic E-state index is 13.9. The molecule has 0 aliphatic heterocycles. The second-order valence-corrected chi connectivity index (χ2v) is 11.0. The maximum absolute atomic E-state index is 13.9. The van der Waals surface area contributed by atoms with Crippen LogP contribution in [0, 0.1) is 0 Å². The predicted octanol–water partition coefficient (Wildman–Crippen LogP) is 4.46. The average molecular weight is 631 g/mol. The highest BCUT2D eigenvalue weighted by molar-refractivity contribution is 6.30. The standard InChI is InChI=1S/C34H30O12/c1-13-27(15(3)35)33(41)31-23(9-21(43-17(5)37)11-25(31)45-19(7)39)29(13)30-14(2)28(16(4)36)34(42)32-24(30)10-22(44-18(6)38)12-26(32)46-20(8)40/h9-12,29-30H,1-8H3. The summed E-state index contributed by atoms with van der Waals surface area (Å²) in [4.78, 5) is 102. The van der Waals surface area contributed by atoms with E-state index in [1.807, 2.05) is 0 Å². The van der Waals surface area contributed by atoms with Crippen LogP contribution in [0.4, 0.5) is 0 Å². The van der Waals surface area contributed by atoms with Gasteiger partial charge in [-0.3, -0.25) is 38.4 Å². The van der Waals surface area contributed by atoms with Crippen molar-refractivity contribution in [2.75, 3.05) is 0 Å². The number of carbonyl (C=O) groups is 8. The molecule has 0 radical (unpaired) electrons. The van der Waals surface area contributed by atoms with E-state index in [9.17, 15) is 38.4 Å². The van der Waals surface area contributed by atoms with Gasteiger partial charge in [-0.2, -0.15) is 0 Å². The van der Waals surface area contributed by atoms with E-state index in [0.29, 0.717) is 0 Å². The van der Waals surface area contributed by atoms with Crippen molar-refractivity contribution in [1.29, 1.82) is 0 Å². The number of esters is 4. The van der Waals surface area contributed by atoms with Gasteiger partial charge in [0, 0.05) is 51.7 Å². The van der Waals surface area contributed by atoms with E-state index in [4.69, 9.17) is 18.9 Å². The zero-order valence-corrected chi connectivity index (χ0v) is 26.4. The molecule has 4 rings (SSSR count). The molecular formula is C34H30O12. The quantitative estimate of drug-likeness (QED) is 0.239. The van der Waals surface area contributed by atoms with Gasteiger partial charge < -0.3 is 18.9 Å². The van der Waals surface area contributed by atoms with Crippen LogP contribution in [0.5, 0.6) is 23.0 Å². The Labute approximate surface area is 263 Å². The Morgan fingerprint density at radius 2 is 0.804 bits per heavy atom. The monoisotopic (exact) mass is 630 g/mol. The van der Waals surface area contributed by atoms with E-state index in [-0.39, 0.29) is 67.5 Å². The molecule has 0 fully saturated rings. The van der Waals surface area contributed by atoms with Crippen LogP contribution < -0.4 is 18.9 Å². The lowest BCUT2D eigenvalue weighted by Gasteiger charge is -2.39. The molecule has 12 nitrogen and oxygen atoms in total. The number of allylic oxidation sites excluding steroid dienone is 4. The first-order valence-electron chi connectivity index (χ1n) is 14.1. The molecule has 2 unspecified atom stereocenters. The smallest absolute Gasteiger partial charge is 0.308 e. The van der Waals surface area contributed by atoms with E-state index in [1.54, 1.807) is 0 Å². The van der Waals surface area contributed by atoms with Crippen molar-refractivity contribution < 1.29 is 57.3 Å². The van der Waals surface area contributed by atoms with Gasteiger partial charge in [0.2, 0.25) is 11.6 Å². The maximum Gasteiger partial charge on any atom is 0.308 e. The summed E-state index contributed by atoms with van der Waals surface area (Å²) in [6, 6.07) is 5.11. The van der Waals surface area contributed by atoms with E-state index in [0.717, 1.165) is 27.7 Å². The Morgan fingerprint density at radius 1 is 0.500 bits per heavy atom. The van der Waals surface area contributed by atoms with Gasteiger partial charge in [0.1, 0.15) is 23.0 Å². The Hall–Kier alpha value is -5.52. The summed E-state index contributed by atoms with van der Waals surface area (Å²) in [6.07, 6.45) is 0. The van der Waals surface area contributed by atoms with Crippen LogP contribution in [-0.4, -0.2) is 47.0 Å². The van der Waals surface area contributed by atoms with Gasteiger partial charge >= 0.3 is 23.9 Å². The van der Waals surface area contributed by atoms with Crippen molar-refractivity contribution in [2.45, 2.75) is 67.2 Å². The van der Waals surface area contributed by atoms with E-state index < -0.39 is 58.8 Å². The van der Waals surface area contributed by atoms with Gasteiger partial charge in [0.15, 0.2) is 11.6 Å². The second kappa shape index (κ2) is 12.5. The number of hydrogen-bond acceptors (Lipinski definition) is 12. The second-order valence-electron chi connectivity index (χ2n) is 11.0. The SMILES string of the molecule is CC(=O)Oc1cc(OC(C)=O)c2c(c1)C(C1C(C)=C(C(C)=O)C(=O)c3c(OC(C)=O)cc(OC(C)=O)cc31)C(C)=C(C(C)=O)C2=O. The lowest BCUT2D eigenvalue weighted by molar-refractivity contribution is -0.133. The zero-order valence-electron chi connectivity index (χ0n) is 26.4. The molecule has 0 saturated heterocycles. The van der Waals surface area contributed by atoms with Crippen molar-refractivity contribution in [1.82, 2.24) is 0 Å². The molecule has 2 aromatic carbocycles. The first kappa shape index (κ1) is 33.4. The van der Waals surface area contributed by atoms with Gasteiger partial charge in [0.25, 0.3) is 0 Å². The van der Waals surface area contributed by atoms with Crippen molar-refractivity contribution in [3.05, 3.63) is 68.8 Å². The Morgan fingerprint density at radius 3 is 1.07 bits per heavy atom. The summed E-state index contributed by atoms with van der Waals surface area (Å²) in [7, 11) is 0. The molecule has 0 heterocycles. The molecule has 46 heavy (non-hydrogen) atoms. The minimum absolute atomic E-state index is 0.0887. The molecule has 0 amide bonds. The highest BCUT2D eigenvalue weighted by atomic mass is 16.6. The van der Waals surface area contributed by atoms with Crippen LogP contribution in [-0.2, 0) is 28.8 Å². The summed E-state index contributed by atoms with van der Waals surface area (Å²) in [5.74, 6) is -8.56. The molecule has 0 bridgehead atoms. The summed E-state index contributed by atoms with van der Waals surface area (Å²) in [5, 5.41) is 0. The van der Waals surface area contributed by atoms with Crippen LogP contribution in [0.15, 0.2) is 46.6 Å². The van der Waals surface area contributed by atoms with E-state index in [2.05, 4.69) is 0 Å². The van der Waals surface area contributed by atoms with Crippen LogP contribution in [0.1, 0.15) is 99.1 Å². The van der Waals surface area contributed by atoms with Crippen LogP contribution in [0.2, 0.25) is 0 Å². The molecule has 2 aliphatic rings. The fourth-order valence-electron chi connectivity index (χ4n) is 6.24. The van der Waals surface area contributed by atoms with Crippen molar-refractivity contribution >= 4 is 47.0 Å². The lowest BCUT2D eigenvalue weighted by Crippen LogP contribution is -2.32. The summed E-state index contributed by atoms with van der Waals surface area (Å²) in [5.41, 5.74) is -0.00520. The molecule has 0 aromatic heterocycles. The number of carbonyl (C=O) groups excluding carboxylic acids is 8. The van der Waals surface area contributed by atoms with Gasteiger partial charge in [-0.05, 0) is 51.0 Å². The fourth-order valence-corrected chi connectivity index (χ4v) is 6.24. The molecule has 0 N–H and O–H groups in total. The number of Topliss-reactive ketones (excluding diaryl/α,β-unsaturated/α-hetero) is 4. The largest absolute Gasteiger partial charge is 0.427 e. The van der Waals surface area contributed by atoms with E-state index >= 15 is 0 Å². The Kier molecular flexibility index (Phi) is 9.04. The van der Waals surface area contributed by atoms with Gasteiger partial charge in [-0.15, -0.1) is 0 Å². The predicted molar refractivity (Wildman–Crippen MR) is 159 cm³/mol. The van der Waals surface area contributed by atoms with Crippen LogP contribution in [0.25, 0.3) is 0 Å². The lowest BCUT2D eigenvalue weighted by atomic mass is 9.63. The fraction of sp³-hybridized carbons (Fsp3) is 0.294. The molecule has 2 aliphatic carbocycles. The number of rotatable bonds is 7. The van der Waals surface area contributed by atoms with Crippen molar-refractivity contribution in [3.63, 3.8) is 0 Å². The van der Waals surface area contributed by atoms with Crippen LogP contribution >= 0.6 is 0 Å². The third kappa shape index (κ3) is 6.06. The normalized spacial score (nSPS) is 17.1. The van der Waals surface area contributed by atoms with Crippen molar-refractivity contribution in [2.24, 2.45) is 0 Å². The minimum atomic E-state index is -1.03. The summed E-state index contributed by atoms with van der Waals surface area (Å²) in [6.45, 7) is 9.95.